The third-order valence-electron chi connectivity index (χ3n) is 17.8. The minimum atomic E-state index is -3.22. The largest absolute Gasteiger partial charge is 0.491 e. The summed E-state index contributed by atoms with van der Waals surface area (Å²) in [6, 6.07) is 13.8. The predicted octanol–water partition coefficient (Wildman–Crippen LogP) is 25.8. The Kier molecular flexibility index (Phi) is 52.3. The van der Waals surface area contributed by atoms with Crippen LogP contribution in [0.3, 0.4) is 0 Å². The Morgan fingerprint density at radius 1 is 0.244 bits per heavy atom. The lowest BCUT2D eigenvalue weighted by Crippen LogP contribution is -2.66. The lowest BCUT2D eigenvalue weighted by molar-refractivity contribution is -0.132. The van der Waals surface area contributed by atoms with Crippen LogP contribution in [-0.2, 0) is 29.8 Å². The maximum atomic E-state index is 14.3. The summed E-state index contributed by atoms with van der Waals surface area (Å²) >= 11 is 0. The summed E-state index contributed by atoms with van der Waals surface area (Å²) < 4.78 is 51.3. The van der Waals surface area contributed by atoms with Gasteiger partial charge in [0.25, 0.3) is 0 Å². The molecule has 0 N–H and O–H groups in total. The second-order valence-electron chi connectivity index (χ2n) is 26.4. The molecule has 7 nitrogen and oxygen atoms in total. The summed E-state index contributed by atoms with van der Waals surface area (Å²) in [6.45, 7) is 36.8. The van der Waals surface area contributed by atoms with Crippen molar-refractivity contribution < 1.29 is 29.8 Å². The van der Waals surface area contributed by atoms with E-state index in [9.17, 15) is 4.79 Å². The highest BCUT2D eigenvalue weighted by molar-refractivity contribution is 6.93. The van der Waals surface area contributed by atoms with Crippen molar-refractivity contribution in [2.75, 3.05) is 0 Å². The van der Waals surface area contributed by atoms with Crippen LogP contribution in [0.2, 0.25) is 78.6 Å². The second-order valence-corrected chi connectivity index (χ2v) is 48.6. The van der Waals surface area contributed by atoms with Crippen molar-refractivity contribution in [3.63, 3.8) is 0 Å². The van der Waals surface area contributed by atoms with E-state index >= 15 is 0 Å². The Morgan fingerprint density at radius 3 is 0.585 bits per heavy atom. The fourth-order valence-electron chi connectivity index (χ4n) is 12.8. The number of carbonyl (C=O) groups is 1. The Bertz CT molecular complexity index is 1390. The van der Waals surface area contributed by atoms with Gasteiger partial charge in [-0.3, -0.25) is 0 Å². The molecule has 0 fully saturated rings. The van der Waals surface area contributed by atoms with E-state index in [1.807, 2.05) is 6.92 Å². The molecule has 0 bridgehead atoms. The number of unbranched alkanes of at least 4 members (excludes halogenated alkanes) is 26. The minimum Gasteiger partial charge on any atom is -0.491 e. The van der Waals surface area contributed by atoms with Gasteiger partial charge in [-0.25, -0.2) is 4.79 Å². The van der Waals surface area contributed by atoms with E-state index in [1.54, 1.807) is 0 Å². The van der Waals surface area contributed by atoms with Crippen molar-refractivity contribution in [3.05, 3.63) is 12.2 Å². The van der Waals surface area contributed by atoms with Crippen molar-refractivity contribution in [1.29, 1.82) is 0 Å². The van der Waals surface area contributed by atoms with Crippen LogP contribution in [0, 0.1) is 0 Å². The van der Waals surface area contributed by atoms with Crippen LogP contribution in [0.15, 0.2) is 12.2 Å². The van der Waals surface area contributed by atoms with Gasteiger partial charge >= 0.3 is 48.8 Å². The van der Waals surface area contributed by atoms with Crippen molar-refractivity contribution >= 4 is 57.1 Å². The second kappa shape index (κ2) is 52.1. The van der Waals surface area contributed by atoms with Gasteiger partial charge in [-0.15, -0.1) is 0 Å². The lowest BCUT2D eigenvalue weighted by Gasteiger charge is -2.51. The fraction of sp³-hybridized carbons (Fsp3) is 0.957. The first-order valence-electron chi connectivity index (χ1n) is 37.0. The normalized spacial score (nSPS) is 13.0. The maximum absolute atomic E-state index is 14.3. The average Bonchev–Trinajstić information content (AvgIpc) is 3.59. The van der Waals surface area contributed by atoms with E-state index in [0.717, 1.165) is 163 Å². The zero-order valence-electron chi connectivity index (χ0n) is 58.3. The molecule has 0 amide bonds. The molecule has 490 valence electrons. The van der Waals surface area contributed by atoms with E-state index in [4.69, 9.17) is 25.0 Å². The van der Waals surface area contributed by atoms with E-state index in [0.29, 0.717) is 5.57 Å². The van der Waals surface area contributed by atoms with Gasteiger partial charge < -0.3 is 25.0 Å². The molecule has 0 rings (SSSR count). The topological polar surface area (TPSA) is 72.5 Å². The molecule has 0 saturated carbocycles. The highest BCUT2D eigenvalue weighted by atomic mass is 28.5. The third kappa shape index (κ3) is 36.7. The van der Waals surface area contributed by atoms with Crippen LogP contribution in [0.1, 0.15) is 347 Å². The first-order chi connectivity index (χ1) is 39.7. The highest BCUT2D eigenvalue weighted by Crippen LogP contribution is 2.46. The van der Waals surface area contributed by atoms with Crippen molar-refractivity contribution in [2.45, 2.75) is 426 Å². The van der Waals surface area contributed by atoms with Gasteiger partial charge in [0.1, 0.15) is 0 Å². The molecule has 0 saturated heterocycles. The average molecular weight is 1260 g/mol. The molecule has 0 heterocycles. The first kappa shape index (κ1) is 82.3. The molecule has 0 aromatic heterocycles. The predicted molar refractivity (Wildman–Crippen MR) is 377 cm³/mol. The Balaban J connectivity index is 9.59. The number of carbonyl (C=O) groups excluding carboxylic acids is 1. The third-order valence-corrected chi connectivity index (χ3v) is 48.5. The smallest absolute Gasteiger partial charge is 0.393 e. The first-order valence-corrected chi connectivity index (χ1v) is 50.7. The van der Waals surface area contributed by atoms with Crippen molar-refractivity contribution in [2.24, 2.45) is 0 Å². The van der Waals surface area contributed by atoms with Crippen molar-refractivity contribution in [3.8, 4) is 0 Å². The summed E-state index contributed by atoms with van der Waals surface area (Å²) in [5.74, 6) is -0.256. The quantitative estimate of drug-likeness (QED) is 0.0341. The van der Waals surface area contributed by atoms with E-state index in [1.165, 1.54) is 166 Å². The van der Waals surface area contributed by atoms with E-state index < -0.39 is 51.1 Å². The summed E-state index contributed by atoms with van der Waals surface area (Å²) in [4.78, 5) is 14.3. The number of hydrogen-bond donors (Lipinski definition) is 0. The lowest BCUT2D eigenvalue weighted by atomic mass is 10.3. The number of rotatable bonds is 64. The molecular weight excluding hydrogens is 1110 g/mol. The molecule has 0 aliphatic heterocycles. The molecule has 0 atom stereocenters. The zero-order chi connectivity index (χ0) is 61.2. The summed E-state index contributed by atoms with van der Waals surface area (Å²) in [5.41, 5.74) is 0.482. The summed E-state index contributed by atoms with van der Waals surface area (Å²) in [6.07, 6.45) is 46.1. The number of hydrogen-bond acceptors (Lipinski definition) is 7. The van der Waals surface area contributed by atoms with Crippen molar-refractivity contribution in [1.82, 2.24) is 0 Å². The van der Waals surface area contributed by atoms with Gasteiger partial charge in [0.05, 0.1) is 0 Å². The molecule has 0 aromatic carbocycles. The molecule has 0 aliphatic rings. The molecule has 0 spiro atoms. The molecular formula is C69H148O7Si6. The van der Waals surface area contributed by atoms with Gasteiger partial charge in [0.15, 0.2) is 8.32 Å². The van der Waals surface area contributed by atoms with Gasteiger partial charge in [0, 0.05) is 17.7 Å². The van der Waals surface area contributed by atoms with Gasteiger partial charge in [-0.05, 0) is 73.4 Å². The standard InChI is InChI=1S/C69H148O7Si6/c1-16-29-42-55-77(56-43-30-17-2,57-44-31-18-3)72-79(60-47-34-21-6,61-48-35-22-7)74-81(64-51-38-25-10,65-52-39-26-11)76-82(66-53-40-27-12,67-54-41-28-13)75-80(62-49-36-23-8,63-50-37-24-9)73-78(58-45-32-19-4,59-46-33-20-5)71-69(70)68(14)15/h14,16-67H2,1-13,15H3. The monoisotopic (exact) mass is 1260 g/mol. The Morgan fingerprint density at radius 2 is 0.402 bits per heavy atom. The molecule has 0 aromatic rings. The van der Waals surface area contributed by atoms with Crippen LogP contribution < -0.4 is 0 Å². The van der Waals surface area contributed by atoms with Crippen LogP contribution in [0.4, 0.5) is 0 Å². The van der Waals surface area contributed by atoms with Gasteiger partial charge in [0.2, 0.25) is 0 Å². The van der Waals surface area contributed by atoms with Crippen LogP contribution in [-0.4, -0.2) is 57.1 Å². The van der Waals surface area contributed by atoms with E-state index in [-0.39, 0.29) is 5.97 Å². The van der Waals surface area contributed by atoms with E-state index in [2.05, 4.69) is 96.6 Å². The van der Waals surface area contributed by atoms with Crippen LogP contribution >= 0.6 is 0 Å². The highest BCUT2D eigenvalue weighted by Gasteiger charge is 2.59. The molecule has 0 aliphatic carbocycles. The zero-order valence-corrected chi connectivity index (χ0v) is 64.3. The summed E-state index contributed by atoms with van der Waals surface area (Å²) in [7, 11) is -18.0. The van der Waals surface area contributed by atoms with Gasteiger partial charge in [-0.1, -0.05) is 347 Å². The SMILES string of the molecule is C=C(C)C(=O)O[Si](CCCCC)(CCCCC)O[Si](CCCCC)(CCCCC)O[Si](CCCCC)(CCCCC)O[Si](CCCCC)(CCCCC)O[Si](CCCCC)(CCCCC)O[Si](CCCCC)(CCCCC)CCCCC. The Hall–Kier alpha value is 0.311. The van der Waals surface area contributed by atoms with Crippen LogP contribution in [0.5, 0.6) is 0 Å². The maximum Gasteiger partial charge on any atom is 0.393 e. The molecule has 13 heteroatoms. The fourth-order valence-corrected chi connectivity index (χ4v) is 51.0. The minimum absolute atomic E-state index is 0.256. The van der Waals surface area contributed by atoms with Crippen LogP contribution in [0.25, 0.3) is 0 Å². The Labute approximate surface area is 521 Å². The van der Waals surface area contributed by atoms with Gasteiger partial charge in [-0.2, -0.15) is 0 Å². The molecule has 0 unspecified atom stereocenters. The summed E-state index contributed by atoms with van der Waals surface area (Å²) in [5, 5.41) is 0. The molecule has 82 heavy (non-hydrogen) atoms. The molecule has 0 radical (unpaired) electrons.